The van der Waals surface area contributed by atoms with Gasteiger partial charge in [0.15, 0.2) is 5.65 Å². The number of nitrogens with two attached hydrogens (primary N) is 1. The lowest BCUT2D eigenvalue weighted by Gasteiger charge is -2.45. The van der Waals surface area contributed by atoms with E-state index in [1.165, 1.54) is 5.57 Å². The number of alkyl carbamates (subject to hydrolysis) is 1. The second-order valence-electron chi connectivity index (χ2n) is 7.55. The Balaban J connectivity index is 1.91. The van der Waals surface area contributed by atoms with Gasteiger partial charge in [-0.2, -0.15) is 5.10 Å². The highest BCUT2D eigenvalue weighted by molar-refractivity contribution is 5.88. The number of pyridine rings is 1. The molecule has 7 nitrogen and oxygen atoms in total. The number of carbonyl (C=O) groups excluding carboxylic acids is 1. The summed E-state index contributed by atoms with van der Waals surface area (Å²) in [6.45, 7) is 6.32. The third-order valence-electron chi connectivity index (χ3n) is 5.15. The largest absolute Gasteiger partial charge is 0.442 e. The first-order valence-corrected chi connectivity index (χ1v) is 8.45. The summed E-state index contributed by atoms with van der Waals surface area (Å²) in [5, 5.41) is 10.2. The molecule has 3 rings (SSSR count). The van der Waals surface area contributed by atoms with Crippen molar-refractivity contribution in [3.63, 3.8) is 0 Å². The highest BCUT2D eigenvalue weighted by atomic mass is 16.6. The molecule has 1 atom stereocenters. The molecule has 1 unspecified atom stereocenters. The smallest absolute Gasteiger partial charge is 0.407 e. The van der Waals surface area contributed by atoms with Gasteiger partial charge in [-0.15, -0.1) is 0 Å². The lowest BCUT2D eigenvalue weighted by Crippen LogP contribution is -2.49. The number of rotatable bonds is 2. The quantitative estimate of drug-likeness (QED) is 0.776. The van der Waals surface area contributed by atoms with E-state index in [9.17, 15) is 4.79 Å². The normalized spacial score (nSPS) is 21.0. The van der Waals surface area contributed by atoms with Crippen LogP contribution in [0.25, 0.3) is 16.6 Å². The van der Waals surface area contributed by atoms with Gasteiger partial charge in [-0.1, -0.05) is 26.8 Å². The number of hydrogen-bond acceptors (Lipinski definition) is 5. The maximum atomic E-state index is 11.8. The molecular weight excluding hydrogens is 318 g/mol. The molecule has 0 saturated heterocycles. The minimum atomic E-state index is -0.525. The van der Waals surface area contributed by atoms with Crippen LogP contribution in [0.15, 0.2) is 18.3 Å². The van der Waals surface area contributed by atoms with Gasteiger partial charge in [0, 0.05) is 25.1 Å². The maximum absolute atomic E-state index is 11.8. The Labute approximate surface area is 147 Å². The molecule has 25 heavy (non-hydrogen) atoms. The zero-order valence-corrected chi connectivity index (χ0v) is 15.1. The van der Waals surface area contributed by atoms with E-state index in [1.807, 2.05) is 12.3 Å². The summed E-state index contributed by atoms with van der Waals surface area (Å²) in [5.41, 5.74) is 8.05. The van der Waals surface area contributed by atoms with Gasteiger partial charge in [-0.3, -0.25) is 5.10 Å². The molecule has 2 heterocycles. The molecule has 0 aliphatic heterocycles. The molecule has 0 fully saturated rings. The Morgan fingerprint density at radius 2 is 2.20 bits per heavy atom. The van der Waals surface area contributed by atoms with E-state index >= 15 is 0 Å². The molecule has 2 aromatic rings. The highest BCUT2D eigenvalue weighted by Gasteiger charge is 2.46. The van der Waals surface area contributed by atoms with Crippen molar-refractivity contribution in [1.82, 2.24) is 20.5 Å². The molecule has 1 aliphatic carbocycles. The second kappa shape index (κ2) is 6.06. The van der Waals surface area contributed by atoms with Crippen molar-refractivity contribution >= 4 is 28.5 Å². The van der Waals surface area contributed by atoms with E-state index in [0.29, 0.717) is 17.9 Å². The lowest BCUT2D eigenvalue weighted by atomic mass is 9.68. The van der Waals surface area contributed by atoms with E-state index in [2.05, 4.69) is 47.3 Å². The fourth-order valence-corrected chi connectivity index (χ4v) is 3.34. The topological polar surface area (TPSA) is 106 Å². The van der Waals surface area contributed by atoms with Crippen molar-refractivity contribution < 1.29 is 9.53 Å². The third-order valence-corrected chi connectivity index (χ3v) is 5.15. The van der Waals surface area contributed by atoms with Gasteiger partial charge in [0.05, 0.1) is 5.39 Å². The minimum Gasteiger partial charge on any atom is -0.442 e. The van der Waals surface area contributed by atoms with E-state index < -0.39 is 5.60 Å². The summed E-state index contributed by atoms with van der Waals surface area (Å²) >= 11 is 0. The molecule has 1 amide bonds. The van der Waals surface area contributed by atoms with Crippen LogP contribution in [0.3, 0.4) is 0 Å². The van der Waals surface area contributed by atoms with Gasteiger partial charge in [0.2, 0.25) is 0 Å². The Hall–Kier alpha value is -2.57. The van der Waals surface area contributed by atoms with Crippen molar-refractivity contribution in [2.24, 2.45) is 5.41 Å². The van der Waals surface area contributed by atoms with Crippen LogP contribution in [0.5, 0.6) is 0 Å². The molecule has 0 saturated carbocycles. The van der Waals surface area contributed by atoms with Crippen molar-refractivity contribution in [1.29, 1.82) is 0 Å². The molecule has 134 valence electrons. The number of amides is 1. The fourth-order valence-electron chi connectivity index (χ4n) is 3.34. The Morgan fingerprint density at radius 3 is 2.80 bits per heavy atom. The summed E-state index contributed by atoms with van der Waals surface area (Å²) in [6, 6.07) is 2.01. The predicted octanol–water partition coefficient (Wildman–Crippen LogP) is 3.25. The number of allylic oxidation sites excluding steroid dienone is 1. The zero-order chi connectivity index (χ0) is 18.2. The van der Waals surface area contributed by atoms with Crippen LogP contribution in [0.2, 0.25) is 0 Å². The molecule has 0 bridgehead atoms. The number of anilines is 1. The van der Waals surface area contributed by atoms with Crippen LogP contribution in [-0.4, -0.2) is 33.9 Å². The number of ether oxygens (including phenoxy) is 1. The number of nitrogens with zero attached hydrogens (tertiary/aromatic N) is 2. The van der Waals surface area contributed by atoms with E-state index in [-0.39, 0.29) is 11.5 Å². The summed E-state index contributed by atoms with van der Waals surface area (Å²) < 4.78 is 5.81. The second-order valence-corrected chi connectivity index (χ2v) is 7.55. The number of nitrogens with one attached hydrogen (secondary N) is 2. The SMILES string of the molecule is CNC(=O)OC1(C(C)(C)C)CC=C(c2cnc3n[nH]c(N)c3c2)CC1. The maximum Gasteiger partial charge on any atom is 0.407 e. The predicted molar refractivity (Wildman–Crippen MR) is 97.9 cm³/mol. The standard InChI is InChI=1S/C18H25N5O2/c1-17(2,3)18(25-16(24)20-4)7-5-11(6-8-18)12-9-13-14(19)22-23-15(13)21-10-12/h5,9-10H,6-8H2,1-4H3,(H,20,24)(H3,19,21,22,23). The van der Waals surface area contributed by atoms with Crippen molar-refractivity contribution in [2.75, 3.05) is 12.8 Å². The van der Waals surface area contributed by atoms with Gasteiger partial charge in [-0.05, 0) is 30.0 Å². The summed E-state index contributed by atoms with van der Waals surface area (Å²) in [5.74, 6) is 0.521. The van der Waals surface area contributed by atoms with Gasteiger partial charge < -0.3 is 15.8 Å². The van der Waals surface area contributed by atoms with Crippen molar-refractivity contribution in [2.45, 2.75) is 45.6 Å². The van der Waals surface area contributed by atoms with Gasteiger partial charge in [0.25, 0.3) is 0 Å². The molecule has 0 radical (unpaired) electrons. The Bertz CT molecular complexity index is 834. The molecule has 0 spiro atoms. The first-order valence-electron chi connectivity index (χ1n) is 8.45. The highest BCUT2D eigenvalue weighted by Crippen LogP contribution is 2.46. The fraction of sp³-hybridized carbons (Fsp3) is 0.500. The van der Waals surface area contributed by atoms with E-state index in [0.717, 1.165) is 23.8 Å². The molecule has 2 aromatic heterocycles. The minimum absolute atomic E-state index is 0.168. The number of hydrogen-bond donors (Lipinski definition) is 3. The number of nitrogen functional groups attached to an aromatic ring is 1. The van der Waals surface area contributed by atoms with Gasteiger partial charge >= 0.3 is 6.09 Å². The average molecular weight is 343 g/mol. The number of carbonyl (C=O) groups is 1. The van der Waals surface area contributed by atoms with E-state index in [4.69, 9.17) is 10.5 Å². The Kier molecular flexibility index (Phi) is 4.18. The van der Waals surface area contributed by atoms with Crippen molar-refractivity contribution in [3.8, 4) is 0 Å². The van der Waals surface area contributed by atoms with Gasteiger partial charge in [-0.25, -0.2) is 9.78 Å². The first kappa shape index (κ1) is 17.3. The number of H-pyrrole nitrogens is 1. The van der Waals surface area contributed by atoms with Crippen LogP contribution < -0.4 is 11.1 Å². The average Bonchev–Trinajstić information content (AvgIpc) is 2.95. The molecule has 0 aromatic carbocycles. The summed E-state index contributed by atoms with van der Waals surface area (Å²) in [6.07, 6.45) is 5.81. The Morgan fingerprint density at radius 1 is 1.44 bits per heavy atom. The molecule has 7 heteroatoms. The van der Waals surface area contributed by atoms with Crippen LogP contribution >= 0.6 is 0 Å². The molecule has 4 N–H and O–H groups in total. The molecular formula is C18H25N5O2. The van der Waals surface area contributed by atoms with Crippen LogP contribution in [0.1, 0.15) is 45.6 Å². The number of aromatic nitrogens is 3. The summed E-state index contributed by atoms with van der Waals surface area (Å²) in [7, 11) is 1.58. The number of fused-ring (bicyclic) bond motifs is 1. The number of aromatic amines is 1. The van der Waals surface area contributed by atoms with Crippen LogP contribution in [0.4, 0.5) is 10.6 Å². The van der Waals surface area contributed by atoms with Crippen LogP contribution in [0, 0.1) is 5.41 Å². The first-order chi connectivity index (χ1) is 11.8. The zero-order valence-electron chi connectivity index (χ0n) is 15.1. The van der Waals surface area contributed by atoms with Gasteiger partial charge in [0.1, 0.15) is 11.4 Å². The van der Waals surface area contributed by atoms with E-state index in [1.54, 1.807) is 7.05 Å². The molecule has 1 aliphatic rings. The third kappa shape index (κ3) is 3.06. The monoisotopic (exact) mass is 343 g/mol. The van der Waals surface area contributed by atoms with Crippen molar-refractivity contribution in [3.05, 3.63) is 23.9 Å². The summed E-state index contributed by atoms with van der Waals surface area (Å²) in [4.78, 5) is 16.2. The van der Waals surface area contributed by atoms with Crippen LogP contribution in [-0.2, 0) is 4.74 Å². The lowest BCUT2D eigenvalue weighted by molar-refractivity contribution is -0.0726.